The molecule has 1 fully saturated rings. The van der Waals surface area contributed by atoms with E-state index < -0.39 is 0 Å². The van der Waals surface area contributed by atoms with Crippen molar-refractivity contribution in [3.63, 3.8) is 0 Å². The molecule has 2 N–H and O–H groups in total. The Labute approximate surface area is 139 Å². The third-order valence-corrected chi connectivity index (χ3v) is 4.53. The maximum Gasteiger partial charge on any atom is 0.347 e. The lowest BCUT2D eigenvalue weighted by Crippen LogP contribution is -2.35. The highest BCUT2D eigenvalue weighted by atomic mass is 16.1. The minimum atomic E-state index is -0.179. The van der Waals surface area contributed by atoms with E-state index in [1.165, 1.54) is 0 Å². The van der Waals surface area contributed by atoms with Gasteiger partial charge in [0.25, 0.3) is 0 Å². The summed E-state index contributed by atoms with van der Waals surface area (Å²) in [6.45, 7) is 2.78. The van der Waals surface area contributed by atoms with Gasteiger partial charge in [-0.3, -0.25) is 4.90 Å². The van der Waals surface area contributed by atoms with Gasteiger partial charge in [-0.15, -0.1) is 0 Å². The topological polar surface area (TPSA) is 82.6 Å². The lowest BCUT2D eigenvalue weighted by Gasteiger charge is -2.31. The lowest BCUT2D eigenvalue weighted by molar-refractivity contribution is 0.194. The summed E-state index contributed by atoms with van der Waals surface area (Å²) in [5.41, 5.74) is 1.79. The molecule has 3 heterocycles. The van der Waals surface area contributed by atoms with Crippen LogP contribution < -0.4 is 5.69 Å². The van der Waals surface area contributed by atoms with Gasteiger partial charge in [0.1, 0.15) is 5.82 Å². The molecule has 0 radical (unpaired) electrons. The number of likely N-dealkylation sites (tertiary alicyclic amines) is 1. The second-order valence-electron chi connectivity index (χ2n) is 6.21. The Morgan fingerprint density at radius 2 is 2.12 bits per heavy atom. The first-order chi connectivity index (χ1) is 11.8. The average molecular weight is 324 g/mol. The first-order valence-corrected chi connectivity index (χ1v) is 8.23. The number of hydrogen-bond acceptors (Lipinski definition) is 4. The van der Waals surface area contributed by atoms with Crippen LogP contribution in [-0.4, -0.2) is 42.7 Å². The van der Waals surface area contributed by atoms with E-state index >= 15 is 0 Å². The van der Waals surface area contributed by atoms with Crippen molar-refractivity contribution in [1.29, 1.82) is 0 Å². The molecule has 0 unspecified atom stereocenters. The first-order valence-electron chi connectivity index (χ1n) is 8.23. The van der Waals surface area contributed by atoms with Crippen molar-refractivity contribution >= 4 is 0 Å². The number of hydrogen-bond donors (Lipinski definition) is 2. The van der Waals surface area contributed by atoms with Crippen molar-refractivity contribution in [2.45, 2.75) is 25.3 Å². The van der Waals surface area contributed by atoms with E-state index in [-0.39, 0.29) is 11.6 Å². The Bertz CT molecular complexity index is 836. The first kappa shape index (κ1) is 14.9. The van der Waals surface area contributed by atoms with Crippen LogP contribution in [0.1, 0.15) is 30.3 Å². The van der Waals surface area contributed by atoms with E-state index in [2.05, 4.69) is 25.1 Å². The number of nitrogens with zero attached hydrogens (tertiary/aromatic N) is 4. The normalized spacial score (nSPS) is 18.8. The van der Waals surface area contributed by atoms with Crippen LogP contribution in [0.15, 0.2) is 47.7 Å². The summed E-state index contributed by atoms with van der Waals surface area (Å²) < 4.78 is 1.70. The molecule has 124 valence electrons. The third-order valence-electron chi connectivity index (χ3n) is 4.53. The minimum Gasteiger partial charge on any atom is -0.347 e. The number of imidazole rings is 1. The van der Waals surface area contributed by atoms with Gasteiger partial charge in [-0.25, -0.2) is 19.4 Å². The third kappa shape index (κ3) is 2.90. The van der Waals surface area contributed by atoms with Gasteiger partial charge in [-0.05, 0) is 31.5 Å². The number of piperidine rings is 1. The lowest BCUT2D eigenvalue weighted by atomic mass is 9.97. The van der Waals surface area contributed by atoms with Gasteiger partial charge in [0.15, 0.2) is 0 Å². The summed E-state index contributed by atoms with van der Waals surface area (Å²) in [7, 11) is 0. The maximum atomic E-state index is 12.2. The highest BCUT2D eigenvalue weighted by Crippen LogP contribution is 2.26. The van der Waals surface area contributed by atoms with E-state index in [1.54, 1.807) is 10.9 Å². The average Bonchev–Trinajstić information content (AvgIpc) is 3.25. The summed E-state index contributed by atoms with van der Waals surface area (Å²) in [4.78, 5) is 21.9. The van der Waals surface area contributed by atoms with E-state index in [0.717, 1.165) is 49.7 Å². The number of aromatic amines is 2. The number of aromatic nitrogens is 5. The Balaban J connectivity index is 1.59. The smallest absolute Gasteiger partial charge is 0.347 e. The molecule has 3 aromatic rings. The fraction of sp³-hybridized carbons (Fsp3) is 0.353. The molecule has 1 aromatic carbocycles. The maximum absolute atomic E-state index is 12.2. The molecular formula is C17H20N6O. The molecule has 24 heavy (non-hydrogen) atoms. The van der Waals surface area contributed by atoms with Crippen LogP contribution in [-0.2, 0) is 6.54 Å². The number of rotatable bonds is 4. The summed E-state index contributed by atoms with van der Waals surface area (Å²) in [5, 5.41) is 6.94. The monoisotopic (exact) mass is 324 g/mol. The number of nitrogens with one attached hydrogen (secondary N) is 2. The highest BCUT2D eigenvalue weighted by molar-refractivity contribution is 5.32. The molecule has 0 aliphatic carbocycles. The molecule has 4 rings (SSSR count). The van der Waals surface area contributed by atoms with Gasteiger partial charge in [0, 0.05) is 30.9 Å². The van der Waals surface area contributed by atoms with Gasteiger partial charge < -0.3 is 4.98 Å². The van der Waals surface area contributed by atoms with Crippen molar-refractivity contribution in [2.75, 3.05) is 13.1 Å². The molecule has 0 spiro atoms. The fourth-order valence-corrected chi connectivity index (χ4v) is 3.43. The van der Waals surface area contributed by atoms with Crippen molar-refractivity contribution < 1.29 is 0 Å². The van der Waals surface area contributed by atoms with Gasteiger partial charge in [0.05, 0.1) is 12.0 Å². The molecule has 1 aliphatic rings. The summed E-state index contributed by atoms with van der Waals surface area (Å²) >= 11 is 0. The predicted molar refractivity (Wildman–Crippen MR) is 90.0 cm³/mol. The molecule has 1 aliphatic heterocycles. The summed E-state index contributed by atoms with van der Waals surface area (Å²) in [6, 6.07) is 9.69. The molecule has 0 bridgehead atoms. The van der Waals surface area contributed by atoms with Crippen LogP contribution in [0.3, 0.4) is 0 Å². The molecule has 7 nitrogen and oxygen atoms in total. The molecule has 7 heteroatoms. The highest BCUT2D eigenvalue weighted by Gasteiger charge is 2.26. The fourth-order valence-electron chi connectivity index (χ4n) is 3.43. The van der Waals surface area contributed by atoms with Gasteiger partial charge in [-0.1, -0.05) is 18.2 Å². The predicted octanol–water partition coefficient (Wildman–Crippen LogP) is 1.66. The zero-order valence-corrected chi connectivity index (χ0v) is 13.4. The van der Waals surface area contributed by atoms with Gasteiger partial charge in [-0.2, -0.15) is 5.10 Å². The van der Waals surface area contributed by atoms with Gasteiger partial charge in [0.2, 0.25) is 0 Å². The van der Waals surface area contributed by atoms with Crippen LogP contribution in [0.2, 0.25) is 0 Å². The SMILES string of the molecule is O=c1[nH]nc([C@@H]2CCCN(Cc3cnc[nH]3)C2)n1-c1ccccc1. The second kappa shape index (κ2) is 6.45. The quantitative estimate of drug-likeness (QED) is 0.765. The van der Waals surface area contributed by atoms with Crippen molar-refractivity contribution in [3.05, 3.63) is 64.9 Å². The zero-order chi connectivity index (χ0) is 16.4. The van der Waals surface area contributed by atoms with E-state index in [9.17, 15) is 4.79 Å². The number of benzene rings is 1. The number of H-pyrrole nitrogens is 2. The largest absolute Gasteiger partial charge is 0.347 e. The molecule has 1 saturated heterocycles. The van der Waals surface area contributed by atoms with Crippen molar-refractivity contribution in [1.82, 2.24) is 29.6 Å². The van der Waals surface area contributed by atoms with Crippen molar-refractivity contribution in [2.24, 2.45) is 0 Å². The Hall–Kier alpha value is -2.67. The molecule has 0 saturated carbocycles. The van der Waals surface area contributed by atoms with Crippen LogP contribution in [0.4, 0.5) is 0 Å². The van der Waals surface area contributed by atoms with Crippen LogP contribution in [0.5, 0.6) is 0 Å². The Kier molecular flexibility index (Phi) is 4.00. The molecule has 2 aromatic heterocycles. The van der Waals surface area contributed by atoms with Crippen LogP contribution in [0.25, 0.3) is 5.69 Å². The van der Waals surface area contributed by atoms with Crippen molar-refractivity contribution in [3.8, 4) is 5.69 Å². The summed E-state index contributed by atoms with van der Waals surface area (Å²) in [5.74, 6) is 1.06. The molecule has 0 amide bonds. The van der Waals surface area contributed by atoms with Gasteiger partial charge >= 0.3 is 5.69 Å². The Morgan fingerprint density at radius 3 is 2.92 bits per heavy atom. The van der Waals surface area contributed by atoms with Crippen LogP contribution >= 0.6 is 0 Å². The molecule has 1 atom stereocenters. The standard InChI is InChI=1S/C17H20N6O/c24-17-21-20-16(23(17)15-6-2-1-3-7-15)13-5-4-8-22(10-13)11-14-9-18-12-19-14/h1-3,6-7,9,12-13H,4-5,8,10-11H2,(H,18,19)(H,21,24)/t13-/m1/s1. The van der Waals surface area contributed by atoms with E-state index in [4.69, 9.17) is 0 Å². The zero-order valence-electron chi connectivity index (χ0n) is 13.4. The molecular weight excluding hydrogens is 304 g/mol. The van der Waals surface area contributed by atoms with E-state index in [0.29, 0.717) is 0 Å². The summed E-state index contributed by atoms with van der Waals surface area (Å²) in [6.07, 6.45) is 5.70. The Morgan fingerprint density at radius 1 is 1.25 bits per heavy atom. The number of para-hydroxylation sites is 1. The minimum absolute atomic E-state index is 0.179. The second-order valence-corrected chi connectivity index (χ2v) is 6.21. The van der Waals surface area contributed by atoms with E-state index in [1.807, 2.05) is 36.5 Å². The van der Waals surface area contributed by atoms with Crippen LogP contribution in [0, 0.1) is 0 Å².